The Hall–Kier alpha value is -2.62. The van der Waals surface area contributed by atoms with E-state index < -0.39 is 0 Å². The normalized spacial score (nSPS) is 12.1. The Kier molecular flexibility index (Phi) is 3.92. The van der Waals surface area contributed by atoms with Crippen LogP contribution in [0, 0.1) is 13.8 Å². The molecule has 0 spiro atoms. The summed E-state index contributed by atoms with van der Waals surface area (Å²) in [7, 11) is 0. The molecule has 1 N–H and O–H groups in total. The van der Waals surface area contributed by atoms with E-state index in [1.165, 1.54) is 11.1 Å². The maximum Gasteiger partial charge on any atom is 0.247 e. The molecular formula is C18H19N3O. The molecule has 0 fully saturated rings. The van der Waals surface area contributed by atoms with E-state index in [4.69, 9.17) is 4.42 Å². The smallest absolute Gasteiger partial charge is 0.247 e. The zero-order chi connectivity index (χ0) is 15.5. The lowest BCUT2D eigenvalue weighted by atomic mass is 10.1. The second kappa shape index (κ2) is 6.02. The summed E-state index contributed by atoms with van der Waals surface area (Å²) in [4.78, 5) is 0. The van der Waals surface area contributed by atoms with Crippen molar-refractivity contribution in [3.05, 3.63) is 65.5 Å². The van der Waals surface area contributed by atoms with Crippen LogP contribution in [0.25, 0.3) is 11.5 Å². The molecule has 0 aliphatic carbocycles. The number of anilines is 1. The molecule has 0 aliphatic rings. The maximum absolute atomic E-state index is 5.78. The van der Waals surface area contributed by atoms with Crippen LogP contribution in [0.1, 0.15) is 30.0 Å². The number of rotatable bonds is 4. The highest BCUT2D eigenvalue weighted by Gasteiger charge is 2.15. The van der Waals surface area contributed by atoms with Crippen molar-refractivity contribution in [1.29, 1.82) is 0 Å². The van der Waals surface area contributed by atoms with Crippen molar-refractivity contribution < 1.29 is 4.42 Å². The number of benzene rings is 2. The van der Waals surface area contributed by atoms with Gasteiger partial charge in [0.2, 0.25) is 11.8 Å². The third-order valence-electron chi connectivity index (χ3n) is 3.44. The summed E-state index contributed by atoms with van der Waals surface area (Å²) in [6.45, 7) is 6.19. The molecule has 22 heavy (non-hydrogen) atoms. The average Bonchev–Trinajstić information content (AvgIpc) is 2.97. The van der Waals surface area contributed by atoms with Crippen molar-refractivity contribution in [2.75, 3.05) is 5.32 Å². The van der Waals surface area contributed by atoms with E-state index in [2.05, 4.69) is 47.6 Å². The molecule has 1 unspecified atom stereocenters. The summed E-state index contributed by atoms with van der Waals surface area (Å²) < 4.78 is 5.78. The van der Waals surface area contributed by atoms with Gasteiger partial charge in [0.05, 0.1) is 0 Å². The number of aryl methyl sites for hydroxylation is 2. The molecular weight excluding hydrogens is 274 g/mol. The largest absolute Gasteiger partial charge is 0.418 e. The first-order valence-corrected chi connectivity index (χ1v) is 7.35. The van der Waals surface area contributed by atoms with Gasteiger partial charge in [0.1, 0.15) is 6.04 Å². The maximum atomic E-state index is 5.78. The molecule has 0 radical (unpaired) electrons. The van der Waals surface area contributed by atoms with Crippen molar-refractivity contribution in [3.63, 3.8) is 0 Å². The zero-order valence-electron chi connectivity index (χ0n) is 13.0. The molecule has 3 aromatic rings. The Morgan fingerprint density at radius 1 is 0.955 bits per heavy atom. The first kappa shape index (κ1) is 14.3. The number of aromatic nitrogens is 2. The van der Waals surface area contributed by atoms with E-state index in [1.807, 2.05) is 37.3 Å². The Morgan fingerprint density at radius 2 is 1.64 bits per heavy atom. The molecule has 2 aromatic carbocycles. The molecule has 1 atom stereocenters. The van der Waals surface area contributed by atoms with Gasteiger partial charge in [-0.1, -0.05) is 24.3 Å². The van der Waals surface area contributed by atoms with Crippen LogP contribution in [-0.4, -0.2) is 10.2 Å². The second-order valence-electron chi connectivity index (χ2n) is 5.55. The van der Waals surface area contributed by atoms with Crippen LogP contribution in [0.15, 0.2) is 52.9 Å². The van der Waals surface area contributed by atoms with Gasteiger partial charge in [0.25, 0.3) is 0 Å². The molecule has 0 saturated carbocycles. The SMILES string of the molecule is Cc1cc(C)cc(NC(C)c2nnc(-c3ccccc3)o2)c1. The fourth-order valence-electron chi connectivity index (χ4n) is 2.48. The van der Waals surface area contributed by atoms with Crippen LogP contribution < -0.4 is 5.32 Å². The lowest BCUT2D eigenvalue weighted by Gasteiger charge is -2.12. The fraction of sp³-hybridized carbons (Fsp3) is 0.222. The number of nitrogens with zero attached hydrogens (tertiary/aromatic N) is 2. The minimum atomic E-state index is -0.0498. The first-order chi connectivity index (χ1) is 10.6. The van der Waals surface area contributed by atoms with Gasteiger partial charge in [-0.25, -0.2) is 0 Å². The fourth-order valence-corrected chi connectivity index (χ4v) is 2.48. The van der Waals surface area contributed by atoms with Crippen molar-refractivity contribution in [2.45, 2.75) is 26.8 Å². The molecule has 1 aromatic heterocycles. The zero-order valence-corrected chi connectivity index (χ0v) is 13.0. The van der Waals surface area contributed by atoms with Gasteiger partial charge >= 0.3 is 0 Å². The van der Waals surface area contributed by atoms with Crippen molar-refractivity contribution in [1.82, 2.24) is 10.2 Å². The summed E-state index contributed by atoms with van der Waals surface area (Å²) in [5.74, 6) is 1.13. The summed E-state index contributed by atoms with van der Waals surface area (Å²) in [6, 6.07) is 16.1. The lowest BCUT2D eigenvalue weighted by molar-refractivity contribution is 0.485. The minimum Gasteiger partial charge on any atom is -0.418 e. The van der Waals surface area contributed by atoms with Gasteiger partial charge in [-0.3, -0.25) is 0 Å². The topological polar surface area (TPSA) is 51.0 Å². The van der Waals surface area contributed by atoms with Crippen molar-refractivity contribution in [2.24, 2.45) is 0 Å². The molecule has 0 bridgehead atoms. The summed E-state index contributed by atoms with van der Waals surface area (Å²) in [6.07, 6.45) is 0. The standard InChI is InChI=1S/C18H19N3O/c1-12-9-13(2)11-16(10-12)19-14(3)17-20-21-18(22-17)15-7-5-4-6-8-15/h4-11,14,19H,1-3H3. The number of hydrogen-bond donors (Lipinski definition) is 1. The van der Waals surface area contributed by atoms with Crippen molar-refractivity contribution in [3.8, 4) is 11.5 Å². The van der Waals surface area contributed by atoms with E-state index in [-0.39, 0.29) is 6.04 Å². The molecule has 0 amide bonds. The Bertz CT molecular complexity index is 745. The highest BCUT2D eigenvalue weighted by atomic mass is 16.4. The quantitative estimate of drug-likeness (QED) is 0.768. The second-order valence-corrected chi connectivity index (χ2v) is 5.55. The average molecular weight is 293 g/mol. The molecule has 112 valence electrons. The molecule has 4 nitrogen and oxygen atoms in total. The first-order valence-electron chi connectivity index (χ1n) is 7.35. The highest BCUT2D eigenvalue weighted by Crippen LogP contribution is 2.23. The van der Waals surface area contributed by atoms with Gasteiger partial charge < -0.3 is 9.73 Å². The Balaban J connectivity index is 1.78. The van der Waals surface area contributed by atoms with Crippen LogP contribution in [0.4, 0.5) is 5.69 Å². The van der Waals surface area contributed by atoms with E-state index in [0.29, 0.717) is 11.8 Å². The van der Waals surface area contributed by atoms with Crippen molar-refractivity contribution >= 4 is 5.69 Å². The van der Waals surface area contributed by atoms with Crippen LogP contribution >= 0.6 is 0 Å². The predicted molar refractivity (Wildman–Crippen MR) is 87.7 cm³/mol. The lowest BCUT2D eigenvalue weighted by Crippen LogP contribution is -2.07. The predicted octanol–water partition coefficient (Wildman–Crippen LogP) is 4.53. The minimum absolute atomic E-state index is 0.0498. The van der Waals surface area contributed by atoms with Crippen LogP contribution in [0.5, 0.6) is 0 Å². The van der Waals surface area contributed by atoms with Gasteiger partial charge in [-0.05, 0) is 56.2 Å². The Morgan fingerprint density at radius 3 is 2.32 bits per heavy atom. The summed E-state index contributed by atoms with van der Waals surface area (Å²) in [5, 5.41) is 11.7. The van der Waals surface area contributed by atoms with Gasteiger partial charge in [-0.2, -0.15) is 0 Å². The van der Waals surface area contributed by atoms with Gasteiger partial charge in [-0.15, -0.1) is 10.2 Å². The van der Waals surface area contributed by atoms with Crippen LogP contribution in [-0.2, 0) is 0 Å². The van der Waals surface area contributed by atoms with Gasteiger partial charge in [0.15, 0.2) is 0 Å². The van der Waals surface area contributed by atoms with E-state index in [0.717, 1.165) is 11.3 Å². The summed E-state index contributed by atoms with van der Waals surface area (Å²) >= 11 is 0. The summed E-state index contributed by atoms with van der Waals surface area (Å²) in [5.41, 5.74) is 4.44. The molecule has 3 rings (SSSR count). The number of hydrogen-bond acceptors (Lipinski definition) is 4. The molecule has 1 heterocycles. The Labute approximate surface area is 130 Å². The molecule has 0 saturated heterocycles. The van der Waals surface area contributed by atoms with Crippen LogP contribution in [0.2, 0.25) is 0 Å². The highest BCUT2D eigenvalue weighted by molar-refractivity contribution is 5.52. The van der Waals surface area contributed by atoms with E-state index >= 15 is 0 Å². The van der Waals surface area contributed by atoms with Gasteiger partial charge in [0, 0.05) is 11.3 Å². The monoisotopic (exact) mass is 293 g/mol. The molecule has 4 heteroatoms. The van der Waals surface area contributed by atoms with E-state index in [9.17, 15) is 0 Å². The number of nitrogens with one attached hydrogen (secondary N) is 1. The molecule has 0 aliphatic heterocycles. The van der Waals surface area contributed by atoms with E-state index in [1.54, 1.807) is 0 Å². The third kappa shape index (κ3) is 3.17. The van der Waals surface area contributed by atoms with Crippen LogP contribution in [0.3, 0.4) is 0 Å². The third-order valence-corrected chi connectivity index (χ3v) is 3.44.